The van der Waals surface area contributed by atoms with E-state index in [1.165, 1.54) is 12.1 Å². The molecule has 0 atom stereocenters. The van der Waals surface area contributed by atoms with Gasteiger partial charge in [0.1, 0.15) is 6.33 Å². The molecule has 146 valence electrons. The molecule has 3 aromatic carbocycles. The number of nitrogens with zero attached hydrogens (tertiary/aromatic N) is 6. The molecule has 0 aliphatic rings. The molecule has 0 aliphatic heterocycles. The fraction of sp³-hybridized carbons (Fsp3) is 0.0455. The number of aryl methyl sites for hydroxylation is 1. The number of fused-ring (bicyclic) bond motifs is 2. The Morgan fingerprint density at radius 3 is 2.60 bits per heavy atom. The summed E-state index contributed by atoms with van der Waals surface area (Å²) in [6, 6.07) is 20.5. The van der Waals surface area contributed by atoms with Gasteiger partial charge in [-0.05, 0) is 36.4 Å². The fourth-order valence-electron chi connectivity index (χ4n) is 3.44. The van der Waals surface area contributed by atoms with Gasteiger partial charge in [0.05, 0.1) is 38.9 Å². The smallest absolute Gasteiger partial charge is 0.271 e. The van der Waals surface area contributed by atoms with Gasteiger partial charge in [-0.15, -0.1) is 0 Å². The third-order valence-corrected chi connectivity index (χ3v) is 5.00. The number of aliphatic imine (C=N–C) groups is 1. The predicted octanol–water partition coefficient (Wildman–Crippen LogP) is 4.57. The number of non-ortho nitro benzene ring substituents is 1. The molecule has 8 nitrogen and oxygen atoms in total. The third kappa shape index (κ3) is 3.00. The number of aromatic nitrogens is 4. The van der Waals surface area contributed by atoms with Gasteiger partial charge in [-0.25, -0.2) is 9.97 Å². The van der Waals surface area contributed by atoms with Gasteiger partial charge in [-0.1, -0.05) is 18.2 Å². The van der Waals surface area contributed by atoms with E-state index in [1.807, 2.05) is 64.7 Å². The molecule has 2 heterocycles. The molecule has 0 fully saturated rings. The first-order valence-corrected chi connectivity index (χ1v) is 9.27. The van der Waals surface area contributed by atoms with E-state index in [9.17, 15) is 10.1 Å². The first kappa shape index (κ1) is 17.7. The van der Waals surface area contributed by atoms with Crippen molar-refractivity contribution >= 4 is 39.7 Å². The number of nitro benzene ring substituents is 1. The van der Waals surface area contributed by atoms with Crippen LogP contribution in [0.4, 0.5) is 11.4 Å². The molecule has 0 saturated heterocycles. The molecule has 0 spiro atoms. The van der Waals surface area contributed by atoms with Crippen LogP contribution in [0.2, 0.25) is 0 Å². The fourth-order valence-corrected chi connectivity index (χ4v) is 3.44. The standard InChI is InChI=1S/C22H16N6O2/c1-26-20-10-8-17(28(29)30)12-19(20)25-22(26)13-23-15-7-9-21-18(11-15)24-14-27(21)16-5-3-2-4-6-16/h2-14H,1H3. The van der Waals surface area contributed by atoms with Crippen LogP contribution < -0.4 is 0 Å². The number of benzene rings is 3. The van der Waals surface area contributed by atoms with Gasteiger partial charge in [0, 0.05) is 24.9 Å². The highest BCUT2D eigenvalue weighted by molar-refractivity contribution is 5.88. The van der Waals surface area contributed by atoms with Crippen molar-refractivity contribution < 1.29 is 4.92 Å². The Morgan fingerprint density at radius 2 is 1.80 bits per heavy atom. The monoisotopic (exact) mass is 396 g/mol. The Morgan fingerprint density at radius 1 is 1.00 bits per heavy atom. The van der Waals surface area contributed by atoms with Crippen LogP contribution in [0.15, 0.2) is 78.0 Å². The van der Waals surface area contributed by atoms with Crippen molar-refractivity contribution in [3.63, 3.8) is 0 Å². The number of hydrogen-bond acceptors (Lipinski definition) is 5. The summed E-state index contributed by atoms with van der Waals surface area (Å²) in [6.45, 7) is 0. The summed E-state index contributed by atoms with van der Waals surface area (Å²) in [5, 5.41) is 11.0. The molecule has 0 amide bonds. The van der Waals surface area contributed by atoms with Crippen LogP contribution >= 0.6 is 0 Å². The summed E-state index contributed by atoms with van der Waals surface area (Å²) in [5.74, 6) is 0.611. The van der Waals surface area contributed by atoms with Crippen molar-refractivity contribution in [2.75, 3.05) is 0 Å². The predicted molar refractivity (Wildman–Crippen MR) is 116 cm³/mol. The van der Waals surface area contributed by atoms with Crippen molar-refractivity contribution in [3.05, 3.63) is 89.0 Å². The molecule has 8 heteroatoms. The third-order valence-electron chi connectivity index (χ3n) is 5.00. The molecule has 0 aliphatic carbocycles. The number of imidazole rings is 2. The molecule has 5 rings (SSSR count). The minimum atomic E-state index is -0.425. The zero-order chi connectivity index (χ0) is 20.7. The molecule has 5 aromatic rings. The summed E-state index contributed by atoms with van der Waals surface area (Å²) >= 11 is 0. The lowest BCUT2D eigenvalue weighted by Gasteiger charge is -2.03. The van der Waals surface area contributed by atoms with Crippen LogP contribution in [-0.4, -0.2) is 30.2 Å². The number of nitro groups is 1. The second kappa shape index (κ2) is 6.93. The van der Waals surface area contributed by atoms with Crippen LogP contribution in [0.25, 0.3) is 27.8 Å². The minimum absolute atomic E-state index is 0.0172. The van der Waals surface area contributed by atoms with E-state index in [2.05, 4.69) is 15.0 Å². The van der Waals surface area contributed by atoms with Gasteiger partial charge in [0.25, 0.3) is 5.69 Å². The highest BCUT2D eigenvalue weighted by atomic mass is 16.6. The second-order valence-corrected chi connectivity index (χ2v) is 6.84. The van der Waals surface area contributed by atoms with Crippen molar-refractivity contribution in [2.24, 2.45) is 12.0 Å². The summed E-state index contributed by atoms with van der Waals surface area (Å²) in [6.07, 6.45) is 3.45. The summed E-state index contributed by atoms with van der Waals surface area (Å²) in [5.41, 5.74) is 5.01. The van der Waals surface area contributed by atoms with E-state index < -0.39 is 4.92 Å². The highest BCUT2D eigenvalue weighted by Crippen LogP contribution is 2.24. The number of rotatable bonds is 4. The topological polar surface area (TPSA) is 91.1 Å². The van der Waals surface area contributed by atoms with E-state index >= 15 is 0 Å². The van der Waals surface area contributed by atoms with Gasteiger partial charge in [-0.3, -0.25) is 19.7 Å². The quantitative estimate of drug-likeness (QED) is 0.253. The zero-order valence-corrected chi connectivity index (χ0v) is 16.0. The van der Waals surface area contributed by atoms with E-state index in [0.29, 0.717) is 11.3 Å². The molecule has 0 radical (unpaired) electrons. The largest absolute Gasteiger partial charge is 0.326 e. The van der Waals surface area contributed by atoms with Gasteiger partial charge in [0.15, 0.2) is 5.82 Å². The van der Waals surface area contributed by atoms with Gasteiger partial charge >= 0.3 is 0 Å². The average Bonchev–Trinajstić information content (AvgIpc) is 3.33. The van der Waals surface area contributed by atoms with Gasteiger partial charge in [-0.2, -0.15) is 0 Å². The first-order valence-electron chi connectivity index (χ1n) is 9.27. The molecular formula is C22H16N6O2. The van der Waals surface area contributed by atoms with Crippen LogP contribution in [0.3, 0.4) is 0 Å². The van der Waals surface area contributed by atoms with E-state index in [4.69, 9.17) is 0 Å². The van der Waals surface area contributed by atoms with E-state index in [-0.39, 0.29) is 5.69 Å². The van der Waals surface area contributed by atoms with Crippen molar-refractivity contribution in [1.82, 2.24) is 19.1 Å². The Balaban J connectivity index is 1.48. The lowest BCUT2D eigenvalue weighted by molar-refractivity contribution is -0.384. The van der Waals surface area contributed by atoms with E-state index in [0.717, 1.165) is 27.9 Å². The van der Waals surface area contributed by atoms with Crippen LogP contribution in [-0.2, 0) is 7.05 Å². The SMILES string of the molecule is Cn1c(C=Nc2ccc3c(c2)ncn3-c2ccccc2)nc2cc([N+](=O)[O-])ccc21. The Hall–Kier alpha value is -4.33. The average molecular weight is 396 g/mol. The summed E-state index contributed by atoms with van der Waals surface area (Å²) < 4.78 is 3.88. The normalized spacial score (nSPS) is 11.6. The van der Waals surface area contributed by atoms with Crippen molar-refractivity contribution in [2.45, 2.75) is 0 Å². The molecule has 30 heavy (non-hydrogen) atoms. The van der Waals surface area contributed by atoms with Crippen molar-refractivity contribution in [1.29, 1.82) is 0 Å². The maximum absolute atomic E-state index is 11.0. The van der Waals surface area contributed by atoms with Crippen LogP contribution in [0.1, 0.15) is 5.82 Å². The Labute approximate surface area is 170 Å². The van der Waals surface area contributed by atoms with Crippen LogP contribution in [0.5, 0.6) is 0 Å². The number of para-hydroxylation sites is 1. The van der Waals surface area contributed by atoms with Crippen LogP contribution in [0, 0.1) is 10.1 Å². The maximum atomic E-state index is 11.0. The maximum Gasteiger partial charge on any atom is 0.271 e. The molecule has 0 unspecified atom stereocenters. The summed E-state index contributed by atoms with van der Waals surface area (Å²) in [7, 11) is 1.85. The lowest BCUT2D eigenvalue weighted by Crippen LogP contribution is -1.95. The molecule has 0 bridgehead atoms. The second-order valence-electron chi connectivity index (χ2n) is 6.84. The highest BCUT2D eigenvalue weighted by Gasteiger charge is 2.12. The molecule has 0 saturated carbocycles. The molecule has 0 N–H and O–H groups in total. The van der Waals surface area contributed by atoms with Gasteiger partial charge < -0.3 is 4.57 Å². The molecule has 2 aromatic heterocycles. The van der Waals surface area contributed by atoms with Crippen molar-refractivity contribution in [3.8, 4) is 5.69 Å². The van der Waals surface area contributed by atoms with E-state index in [1.54, 1.807) is 18.6 Å². The molecular weight excluding hydrogens is 380 g/mol. The Kier molecular flexibility index (Phi) is 4.10. The Bertz CT molecular complexity index is 1430. The minimum Gasteiger partial charge on any atom is -0.326 e. The first-order chi connectivity index (χ1) is 14.6. The lowest BCUT2D eigenvalue weighted by atomic mass is 10.2. The van der Waals surface area contributed by atoms with Gasteiger partial charge in [0.2, 0.25) is 0 Å². The number of hydrogen-bond donors (Lipinski definition) is 0. The summed E-state index contributed by atoms with van der Waals surface area (Å²) in [4.78, 5) is 24.0. The zero-order valence-electron chi connectivity index (χ0n) is 16.0.